The van der Waals surface area contributed by atoms with Crippen LogP contribution in [0.2, 0.25) is 0 Å². The summed E-state index contributed by atoms with van der Waals surface area (Å²) in [6.45, 7) is 4.53. The van der Waals surface area contributed by atoms with Crippen molar-refractivity contribution in [1.29, 1.82) is 0 Å². The number of likely N-dealkylation sites (N-methyl/N-ethyl adjacent to an activating group) is 1. The lowest BCUT2D eigenvalue weighted by molar-refractivity contribution is -0.870. The maximum atomic E-state index is 12.8. The second kappa shape index (κ2) is 29.2. The van der Waals surface area contributed by atoms with Crippen LogP contribution in [0.15, 0.2) is 36.5 Å². The molecule has 10 heteroatoms. The normalized spacial score (nSPS) is 19.0. The van der Waals surface area contributed by atoms with E-state index in [1.54, 1.807) is 6.08 Å². The second-order valence-corrected chi connectivity index (χ2v) is 16.4. The van der Waals surface area contributed by atoms with E-state index in [4.69, 9.17) is 13.8 Å². The molecule has 0 aliphatic carbocycles. The number of nitrogens with one attached hydrogen (secondary N) is 1. The highest BCUT2D eigenvalue weighted by molar-refractivity contribution is 7.45. The van der Waals surface area contributed by atoms with Gasteiger partial charge in [-0.1, -0.05) is 121 Å². The van der Waals surface area contributed by atoms with Crippen LogP contribution in [-0.4, -0.2) is 80.8 Å². The van der Waals surface area contributed by atoms with Gasteiger partial charge >= 0.3 is 0 Å². The van der Waals surface area contributed by atoms with E-state index in [9.17, 15) is 19.4 Å². The van der Waals surface area contributed by atoms with Crippen LogP contribution < -0.4 is 10.2 Å². The first kappa shape index (κ1) is 46.7. The largest absolute Gasteiger partial charge is 0.756 e. The number of aliphatic hydroxyl groups excluding tert-OH is 1. The van der Waals surface area contributed by atoms with E-state index in [1.165, 1.54) is 64.2 Å². The highest BCUT2D eigenvalue weighted by Gasteiger charge is 2.36. The Morgan fingerprint density at radius 2 is 1.38 bits per heavy atom. The molecule has 1 fully saturated rings. The molecule has 1 rings (SSSR count). The lowest BCUT2D eigenvalue weighted by Crippen LogP contribution is -2.45. The minimum Gasteiger partial charge on any atom is -0.756 e. The fourth-order valence-corrected chi connectivity index (χ4v) is 6.37. The number of nitrogens with zero attached hydrogens (tertiary/aromatic N) is 1. The molecular formula is C40H75N2O7P. The molecule has 3 unspecified atom stereocenters. The van der Waals surface area contributed by atoms with Crippen LogP contribution in [-0.2, 0) is 23.1 Å². The van der Waals surface area contributed by atoms with Gasteiger partial charge in [-0.05, 0) is 57.8 Å². The van der Waals surface area contributed by atoms with Crippen molar-refractivity contribution in [2.75, 3.05) is 40.9 Å². The average molecular weight is 727 g/mol. The molecule has 0 bridgehead atoms. The van der Waals surface area contributed by atoms with Gasteiger partial charge in [0.05, 0.1) is 52.1 Å². The molecular weight excluding hydrogens is 651 g/mol. The molecule has 292 valence electrons. The Hall–Kier alpha value is -1.32. The molecule has 1 aliphatic heterocycles. The van der Waals surface area contributed by atoms with Gasteiger partial charge in [0.25, 0.3) is 7.82 Å². The molecule has 0 saturated carbocycles. The number of unbranched alkanes of at least 4 members (excludes halogenated alkanes) is 14. The predicted molar refractivity (Wildman–Crippen MR) is 205 cm³/mol. The summed E-state index contributed by atoms with van der Waals surface area (Å²) in [5, 5.41) is 13.7. The number of amides is 1. The number of quaternary nitrogens is 1. The number of epoxide rings is 1. The van der Waals surface area contributed by atoms with Crippen molar-refractivity contribution >= 4 is 13.7 Å². The Kier molecular flexibility index (Phi) is 27.2. The van der Waals surface area contributed by atoms with Gasteiger partial charge in [-0.2, -0.15) is 0 Å². The minimum absolute atomic E-state index is 0.0130. The number of carbonyl (C=O) groups excluding carboxylic acids is 1. The number of rotatable bonds is 34. The van der Waals surface area contributed by atoms with E-state index >= 15 is 0 Å². The molecule has 2 N–H and O–H groups in total. The summed E-state index contributed by atoms with van der Waals surface area (Å²) in [7, 11) is 1.22. The number of phosphoric acid groups is 1. The number of hydrogen-bond donors (Lipinski definition) is 2. The van der Waals surface area contributed by atoms with Crippen LogP contribution in [0.25, 0.3) is 0 Å². The summed E-state index contributed by atoms with van der Waals surface area (Å²) in [5.41, 5.74) is 0. The Bertz CT molecular complexity index is 981. The van der Waals surface area contributed by atoms with Crippen LogP contribution in [0, 0.1) is 0 Å². The lowest BCUT2D eigenvalue weighted by atomic mass is 10.1. The minimum atomic E-state index is -4.60. The molecule has 50 heavy (non-hydrogen) atoms. The third-order valence-electron chi connectivity index (χ3n) is 9.00. The highest BCUT2D eigenvalue weighted by atomic mass is 31.2. The third-order valence-corrected chi connectivity index (χ3v) is 9.96. The smallest absolute Gasteiger partial charge is 0.268 e. The molecule has 0 aromatic heterocycles. The first-order valence-corrected chi connectivity index (χ1v) is 21.4. The van der Waals surface area contributed by atoms with E-state index < -0.39 is 26.6 Å². The molecule has 5 atom stereocenters. The summed E-state index contributed by atoms with van der Waals surface area (Å²) in [4.78, 5) is 25.2. The van der Waals surface area contributed by atoms with E-state index in [1.807, 2.05) is 27.2 Å². The van der Waals surface area contributed by atoms with Crippen molar-refractivity contribution in [1.82, 2.24) is 5.32 Å². The van der Waals surface area contributed by atoms with E-state index in [-0.39, 0.29) is 12.5 Å². The molecule has 0 aromatic carbocycles. The van der Waals surface area contributed by atoms with E-state index in [0.29, 0.717) is 29.7 Å². The van der Waals surface area contributed by atoms with Crippen molar-refractivity contribution in [3.05, 3.63) is 36.5 Å². The number of phosphoric ester groups is 1. The van der Waals surface area contributed by atoms with Gasteiger partial charge in [0.15, 0.2) is 0 Å². The van der Waals surface area contributed by atoms with Gasteiger partial charge in [-0.25, -0.2) is 0 Å². The Morgan fingerprint density at radius 3 is 2.10 bits per heavy atom. The number of aliphatic hydroxyl groups is 1. The van der Waals surface area contributed by atoms with Gasteiger partial charge in [-0.3, -0.25) is 9.36 Å². The van der Waals surface area contributed by atoms with Crippen molar-refractivity contribution in [3.8, 4) is 0 Å². The third kappa shape index (κ3) is 28.3. The maximum absolute atomic E-state index is 12.8. The number of hydrogen-bond acceptors (Lipinski definition) is 7. The van der Waals surface area contributed by atoms with Crippen LogP contribution in [0.5, 0.6) is 0 Å². The molecule has 1 saturated heterocycles. The topological polar surface area (TPSA) is 120 Å². The summed E-state index contributed by atoms with van der Waals surface area (Å²) in [6, 6.07) is -0.913. The second-order valence-electron chi connectivity index (χ2n) is 15.0. The van der Waals surface area contributed by atoms with Crippen LogP contribution >= 0.6 is 7.82 Å². The standard InChI is InChI=1S/C40H75N2O7P/c1-6-8-10-12-14-15-16-17-18-19-21-25-29-37(43)36(35-48-50(45,46)47-34-33-42(3,4)5)41-40(44)32-28-24-20-23-27-31-39-38(49-39)30-26-22-13-11-9-7-2/h17-18,22,25-26,29,36-39,43H,6-16,19-21,23-24,27-28,30-35H2,1-5H3,(H-,41,44,45,46)/b18-17-,26-22-,29-25+/t36-,37+,38?,39?/m0/s1. The lowest BCUT2D eigenvalue weighted by Gasteiger charge is -2.29. The summed E-state index contributed by atoms with van der Waals surface area (Å²) >= 11 is 0. The zero-order chi connectivity index (χ0) is 36.9. The maximum Gasteiger partial charge on any atom is 0.268 e. The van der Waals surface area contributed by atoms with Crippen molar-refractivity contribution in [2.45, 2.75) is 173 Å². The van der Waals surface area contributed by atoms with Gasteiger partial charge in [-0.15, -0.1) is 0 Å². The Morgan fingerprint density at radius 1 is 0.800 bits per heavy atom. The first-order valence-electron chi connectivity index (χ1n) is 20.0. The first-order chi connectivity index (χ1) is 24.0. The zero-order valence-corrected chi connectivity index (χ0v) is 33.4. The van der Waals surface area contributed by atoms with Crippen LogP contribution in [0.1, 0.15) is 149 Å². The summed E-state index contributed by atoms with van der Waals surface area (Å²) in [6.07, 6.45) is 34.9. The number of carbonyl (C=O) groups is 1. The van der Waals surface area contributed by atoms with E-state index in [2.05, 4.69) is 43.5 Å². The van der Waals surface area contributed by atoms with Crippen molar-refractivity contribution < 1.29 is 37.6 Å². The molecule has 1 amide bonds. The number of allylic oxidation sites excluding steroid dienone is 4. The molecule has 0 radical (unpaired) electrons. The van der Waals surface area contributed by atoms with Gasteiger partial charge in [0.1, 0.15) is 13.2 Å². The SMILES string of the molecule is CCCCC/C=C\CC1OC1CCCCCCCC(=O)N[C@@H](COP(=O)([O-])OCC[N+](C)(C)C)[C@H](O)/C=C/CC/C=C\CCCCCCCC. The van der Waals surface area contributed by atoms with Crippen molar-refractivity contribution in [2.24, 2.45) is 0 Å². The molecule has 0 aromatic rings. The highest BCUT2D eigenvalue weighted by Crippen LogP contribution is 2.38. The molecule has 1 aliphatic rings. The van der Waals surface area contributed by atoms with E-state index in [0.717, 1.165) is 64.2 Å². The molecule has 0 spiro atoms. The van der Waals surface area contributed by atoms with Gasteiger partial charge < -0.3 is 33.6 Å². The van der Waals surface area contributed by atoms with Gasteiger partial charge in [0, 0.05) is 6.42 Å². The van der Waals surface area contributed by atoms with Crippen LogP contribution in [0.4, 0.5) is 0 Å². The molecule has 1 heterocycles. The monoisotopic (exact) mass is 727 g/mol. The summed E-state index contributed by atoms with van der Waals surface area (Å²) < 4.78 is 28.9. The Labute approximate surface area is 306 Å². The fraction of sp³-hybridized carbons (Fsp3) is 0.825. The quantitative estimate of drug-likeness (QED) is 0.0224. The Balaban J connectivity index is 2.40. The van der Waals surface area contributed by atoms with Gasteiger partial charge in [0.2, 0.25) is 5.91 Å². The summed E-state index contributed by atoms with van der Waals surface area (Å²) in [5.74, 6) is -0.229. The number of ether oxygens (including phenoxy) is 1. The fourth-order valence-electron chi connectivity index (χ4n) is 5.64. The molecule has 9 nitrogen and oxygen atoms in total. The predicted octanol–water partition coefficient (Wildman–Crippen LogP) is 8.71. The average Bonchev–Trinajstić information content (AvgIpc) is 3.81. The van der Waals surface area contributed by atoms with Crippen LogP contribution in [0.3, 0.4) is 0 Å². The van der Waals surface area contributed by atoms with Crippen molar-refractivity contribution in [3.63, 3.8) is 0 Å². The zero-order valence-electron chi connectivity index (χ0n) is 32.5.